The van der Waals surface area contributed by atoms with Gasteiger partial charge in [0.2, 0.25) is 0 Å². The quantitative estimate of drug-likeness (QED) is 0.910. The lowest BCUT2D eigenvalue weighted by Crippen LogP contribution is -2.21. The zero-order valence-electron chi connectivity index (χ0n) is 12.4. The summed E-state index contributed by atoms with van der Waals surface area (Å²) in [6, 6.07) is 12.7. The van der Waals surface area contributed by atoms with Gasteiger partial charge in [0.1, 0.15) is 11.6 Å². The van der Waals surface area contributed by atoms with Crippen LogP contribution in [-0.2, 0) is 13.2 Å². The molecular weight excluding hydrogens is 281 g/mol. The monoisotopic (exact) mass is 301 g/mol. The summed E-state index contributed by atoms with van der Waals surface area (Å²) in [4.78, 5) is 0. The molecule has 0 amide bonds. The lowest BCUT2D eigenvalue weighted by molar-refractivity contribution is 0.280. The molecule has 1 heterocycles. The van der Waals surface area contributed by atoms with E-state index in [9.17, 15) is 9.50 Å². The lowest BCUT2D eigenvalue weighted by atomic mass is 10.0. The van der Waals surface area contributed by atoms with E-state index in [1.165, 1.54) is 12.1 Å². The molecular formula is C18H20FNO2. The number of hydrogen-bond donors (Lipinski definition) is 2. The van der Waals surface area contributed by atoms with Crippen LogP contribution in [0.2, 0.25) is 0 Å². The number of benzene rings is 2. The standard InChI is InChI=1S/C18H20FNO2/c19-15-7-8-16-17(6-3-9-22-18(16)10-15)20-11-13-4-1-2-5-14(13)12-21/h1-2,4-5,7-8,10,17,20-21H,3,6,9,11-12H2/t17-/m1/s1. The van der Waals surface area contributed by atoms with Crippen molar-refractivity contribution in [1.29, 1.82) is 0 Å². The third kappa shape index (κ3) is 3.29. The second-order valence-electron chi connectivity index (χ2n) is 5.53. The minimum atomic E-state index is -0.273. The Morgan fingerprint density at radius 2 is 2.00 bits per heavy atom. The van der Waals surface area contributed by atoms with Crippen LogP contribution in [0.15, 0.2) is 42.5 Å². The molecule has 1 atom stereocenters. The molecule has 0 saturated heterocycles. The summed E-state index contributed by atoms with van der Waals surface area (Å²) in [7, 11) is 0. The summed E-state index contributed by atoms with van der Waals surface area (Å²) < 4.78 is 19.0. The zero-order chi connectivity index (χ0) is 15.4. The van der Waals surface area contributed by atoms with Crippen LogP contribution in [0.1, 0.15) is 35.6 Å². The van der Waals surface area contributed by atoms with E-state index in [0.717, 1.165) is 29.5 Å². The van der Waals surface area contributed by atoms with E-state index < -0.39 is 0 Å². The Labute approximate surface area is 129 Å². The highest BCUT2D eigenvalue weighted by molar-refractivity contribution is 5.37. The van der Waals surface area contributed by atoms with Gasteiger partial charge in [0.25, 0.3) is 0 Å². The van der Waals surface area contributed by atoms with Crippen molar-refractivity contribution in [3.63, 3.8) is 0 Å². The summed E-state index contributed by atoms with van der Waals surface area (Å²) in [5.74, 6) is 0.357. The molecule has 22 heavy (non-hydrogen) atoms. The van der Waals surface area contributed by atoms with Gasteiger partial charge in [-0.1, -0.05) is 30.3 Å². The molecule has 116 valence electrons. The van der Waals surface area contributed by atoms with E-state index in [1.807, 2.05) is 24.3 Å². The van der Waals surface area contributed by atoms with Gasteiger partial charge in [-0.25, -0.2) is 4.39 Å². The fraction of sp³-hybridized carbons (Fsp3) is 0.333. The highest BCUT2D eigenvalue weighted by atomic mass is 19.1. The summed E-state index contributed by atoms with van der Waals surface area (Å²) in [6.07, 6.45) is 1.87. The van der Waals surface area contributed by atoms with Gasteiger partial charge in [0, 0.05) is 24.2 Å². The van der Waals surface area contributed by atoms with Crippen LogP contribution in [0, 0.1) is 5.82 Å². The van der Waals surface area contributed by atoms with Crippen molar-refractivity contribution in [2.45, 2.75) is 32.0 Å². The molecule has 0 aliphatic carbocycles. The van der Waals surface area contributed by atoms with Gasteiger partial charge in [0.05, 0.1) is 13.2 Å². The maximum absolute atomic E-state index is 13.4. The van der Waals surface area contributed by atoms with Crippen molar-refractivity contribution >= 4 is 0 Å². The molecule has 3 rings (SSSR count). The van der Waals surface area contributed by atoms with Gasteiger partial charge in [0.15, 0.2) is 0 Å². The number of ether oxygens (including phenoxy) is 1. The van der Waals surface area contributed by atoms with Crippen molar-refractivity contribution in [1.82, 2.24) is 5.32 Å². The van der Waals surface area contributed by atoms with Gasteiger partial charge in [-0.3, -0.25) is 0 Å². The number of fused-ring (bicyclic) bond motifs is 1. The Kier molecular flexibility index (Phi) is 4.71. The largest absolute Gasteiger partial charge is 0.493 e. The summed E-state index contributed by atoms with van der Waals surface area (Å²) in [6.45, 7) is 1.31. The van der Waals surface area contributed by atoms with Crippen molar-refractivity contribution in [2.75, 3.05) is 6.61 Å². The average molecular weight is 301 g/mol. The highest BCUT2D eigenvalue weighted by Crippen LogP contribution is 2.32. The molecule has 1 aliphatic rings. The first-order chi connectivity index (χ1) is 10.8. The molecule has 3 nitrogen and oxygen atoms in total. The van der Waals surface area contributed by atoms with Crippen LogP contribution in [-0.4, -0.2) is 11.7 Å². The van der Waals surface area contributed by atoms with E-state index in [1.54, 1.807) is 6.07 Å². The molecule has 4 heteroatoms. The maximum atomic E-state index is 13.4. The van der Waals surface area contributed by atoms with Crippen LogP contribution in [0.25, 0.3) is 0 Å². The predicted molar refractivity (Wildman–Crippen MR) is 83.1 cm³/mol. The third-order valence-electron chi connectivity index (χ3n) is 4.07. The van der Waals surface area contributed by atoms with Gasteiger partial charge >= 0.3 is 0 Å². The van der Waals surface area contributed by atoms with E-state index in [4.69, 9.17) is 4.74 Å². The molecule has 0 spiro atoms. The summed E-state index contributed by atoms with van der Waals surface area (Å²) in [5, 5.41) is 12.9. The predicted octanol–water partition coefficient (Wildman–Crippen LogP) is 3.32. The fourth-order valence-corrected chi connectivity index (χ4v) is 2.88. The molecule has 2 N–H and O–H groups in total. The van der Waals surface area contributed by atoms with E-state index in [-0.39, 0.29) is 18.5 Å². The molecule has 0 saturated carbocycles. The van der Waals surface area contributed by atoms with Gasteiger partial charge in [-0.2, -0.15) is 0 Å². The lowest BCUT2D eigenvalue weighted by Gasteiger charge is -2.19. The minimum absolute atomic E-state index is 0.0351. The van der Waals surface area contributed by atoms with Crippen LogP contribution in [0.5, 0.6) is 5.75 Å². The number of rotatable bonds is 4. The normalized spacial score (nSPS) is 17.5. The smallest absolute Gasteiger partial charge is 0.126 e. The van der Waals surface area contributed by atoms with Gasteiger partial charge in [-0.05, 0) is 30.0 Å². The number of hydrogen-bond acceptors (Lipinski definition) is 3. The Bertz CT molecular complexity index is 645. The molecule has 0 unspecified atom stereocenters. The van der Waals surface area contributed by atoms with Crippen molar-refractivity contribution in [3.8, 4) is 5.75 Å². The van der Waals surface area contributed by atoms with E-state index in [0.29, 0.717) is 18.9 Å². The number of nitrogens with one attached hydrogen (secondary N) is 1. The molecule has 0 aromatic heterocycles. The zero-order valence-corrected chi connectivity index (χ0v) is 12.4. The molecule has 2 aromatic rings. The van der Waals surface area contributed by atoms with Crippen molar-refractivity contribution in [2.24, 2.45) is 0 Å². The third-order valence-corrected chi connectivity index (χ3v) is 4.07. The molecule has 0 bridgehead atoms. The topological polar surface area (TPSA) is 41.5 Å². The van der Waals surface area contributed by atoms with Gasteiger partial charge < -0.3 is 15.2 Å². The van der Waals surface area contributed by atoms with E-state index in [2.05, 4.69) is 5.32 Å². The minimum Gasteiger partial charge on any atom is -0.493 e. The number of aliphatic hydroxyl groups is 1. The Morgan fingerprint density at radius 3 is 2.82 bits per heavy atom. The van der Waals surface area contributed by atoms with Gasteiger partial charge in [-0.15, -0.1) is 0 Å². The first-order valence-electron chi connectivity index (χ1n) is 7.61. The second-order valence-corrected chi connectivity index (χ2v) is 5.53. The SMILES string of the molecule is OCc1ccccc1CN[C@@H]1CCCOc2cc(F)ccc21. The highest BCUT2D eigenvalue weighted by Gasteiger charge is 2.20. The van der Waals surface area contributed by atoms with Crippen molar-refractivity contribution < 1.29 is 14.2 Å². The molecule has 1 aliphatic heterocycles. The maximum Gasteiger partial charge on any atom is 0.126 e. The van der Waals surface area contributed by atoms with Crippen LogP contribution in [0.3, 0.4) is 0 Å². The van der Waals surface area contributed by atoms with Crippen LogP contribution >= 0.6 is 0 Å². The number of halogens is 1. The average Bonchev–Trinajstić information content (AvgIpc) is 2.74. The Morgan fingerprint density at radius 1 is 1.18 bits per heavy atom. The van der Waals surface area contributed by atoms with Crippen LogP contribution in [0.4, 0.5) is 4.39 Å². The number of aliphatic hydroxyl groups excluding tert-OH is 1. The molecule has 0 radical (unpaired) electrons. The summed E-state index contributed by atoms with van der Waals surface area (Å²) >= 11 is 0. The van der Waals surface area contributed by atoms with Crippen LogP contribution < -0.4 is 10.1 Å². The first-order valence-corrected chi connectivity index (χ1v) is 7.61. The Balaban J connectivity index is 1.78. The molecule has 2 aromatic carbocycles. The Hall–Kier alpha value is -1.91. The first kappa shape index (κ1) is 15.0. The molecule has 0 fully saturated rings. The van der Waals surface area contributed by atoms with E-state index >= 15 is 0 Å². The second kappa shape index (κ2) is 6.90. The summed E-state index contributed by atoms with van der Waals surface area (Å²) in [5.41, 5.74) is 3.01. The fourth-order valence-electron chi connectivity index (χ4n) is 2.88. The van der Waals surface area contributed by atoms with Crippen molar-refractivity contribution in [3.05, 3.63) is 65.0 Å².